The molecule has 3 atom stereocenters. The van der Waals surface area contributed by atoms with Gasteiger partial charge in [0.2, 0.25) is 0 Å². The van der Waals surface area contributed by atoms with Gasteiger partial charge in [0.1, 0.15) is 6.04 Å². The second-order valence-corrected chi connectivity index (χ2v) is 6.96. The van der Waals surface area contributed by atoms with Gasteiger partial charge in [0.15, 0.2) is 0 Å². The first-order valence-corrected chi connectivity index (χ1v) is 7.80. The number of thiophene rings is 1. The van der Waals surface area contributed by atoms with Crippen LogP contribution in [0.3, 0.4) is 0 Å². The van der Waals surface area contributed by atoms with Gasteiger partial charge in [0.25, 0.3) is 0 Å². The van der Waals surface area contributed by atoms with Gasteiger partial charge in [-0.2, -0.15) is 0 Å². The van der Waals surface area contributed by atoms with Crippen molar-refractivity contribution in [2.24, 2.45) is 0 Å². The molecule has 1 fully saturated rings. The van der Waals surface area contributed by atoms with Crippen molar-refractivity contribution in [2.45, 2.75) is 12.1 Å². The summed E-state index contributed by atoms with van der Waals surface area (Å²) < 4.78 is 12.5. The molecular formula is C9H10BrNO3S2. The fourth-order valence-electron chi connectivity index (χ4n) is 1.60. The third-order valence-electron chi connectivity index (χ3n) is 2.34. The molecule has 0 bridgehead atoms. The molecule has 16 heavy (non-hydrogen) atoms. The van der Waals surface area contributed by atoms with Gasteiger partial charge in [-0.25, -0.2) is 0 Å². The Morgan fingerprint density at radius 1 is 1.62 bits per heavy atom. The maximum atomic E-state index is 11.6. The van der Waals surface area contributed by atoms with Crippen LogP contribution < -0.4 is 5.32 Å². The highest BCUT2D eigenvalue weighted by Crippen LogP contribution is 2.28. The Morgan fingerprint density at radius 2 is 2.38 bits per heavy atom. The molecule has 0 saturated carbocycles. The fourth-order valence-corrected chi connectivity index (χ4v) is 4.60. The third-order valence-corrected chi connectivity index (χ3v) is 5.55. The number of hydrogen-bond acceptors (Lipinski definition) is 4. The Bertz CT molecular complexity index is 434. The minimum Gasteiger partial charge on any atom is -0.480 e. The first-order valence-electron chi connectivity index (χ1n) is 4.64. The zero-order valence-electron chi connectivity index (χ0n) is 8.18. The molecule has 88 valence electrons. The van der Waals surface area contributed by atoms with Crippen LogP contribution in [-0.2, 0) is 15.6 Å². The number of carboxylic acids is 1. The van der Waals surface area contributed by atoms with E-state index >= 15 is 0 Å². The molecule has 1 aromatic rings. The molecule has 1 saturated heterocycles. The predicted molar refractivity (Wildman–Crippen MR) is 67.2 cm³/mol. The van der Waals surface area contributed by atoms with E-state index in [-0.39, 0.29) is 11.8 Å². The van der Waals surface area contributed by atoms with Crippen LogP contribution in [0, 0.1) is 0 Å². The van der Waals surface area contributed by atoms with Crippen molar-refractivity contribution >= 4 is 44.0 Å². The molecule has 7 heteroatoms. The molecule has 4 nitrogen and oxygen atoms in total. The number of halogens is 1. The molecule has 0 aromatic carbocycles. The van der Waals surface area contributed by atoms with Gasteiger partial charge in [-0.3, -0.25) is 14.3 Å². The van der Waals surface area contributed by atoms with E-state index in [9.17, 15) is 9.00 Å². The zero-order chi connectivity index (χ0) is 11.7. The summed E-state index contributed by atoms with van der Waals surface area (Å²) in [7, 11) is -1.06. The van der Waals surface area contributed by atoms with Crippen LogP contribution in [0.1, 0.15) is 10.9 Å². The molecule has 2 heterocycles. The highest BCUT2D eigenvalue weighted by atomic mass is 79.9. The van der Waals surface area contributed by atoms with Crippen LogP contribution in [-0.4, -0.2) is 32.8 Å². The van der Waals surface area contributed by atoms with Crippen molar-refractivity contribution in [3.63, 3.8) is 0 Å². The lowest BCUT2D eigenvalue weighted by Crippen LogP contribution is -2.49. The molecule has 0 aliphatic carbocycles. The van der Waals surface area contributed by atoms with Crippen molar-refractivity contribution < 1.29 is 14.1 Å². The largest absolute Gasteiger partial charge is 0.480 e. The molecule has 3 unspecified atom stereocenters. The van der Waals surface area contributed by atoms with Crippen LogP contribution in [0.4, 0.5) is 0 Å². The van der Waals surface area contributed by atoms with Gasteiger partial charge in [0.05, 0.1) is 6.04 Å². The second kappa shape index (κ2) is 4.95. The van der Waals surface area contributed by atoms with E-state index in [4.69, 9.17) is 5.11 Å². The summed E-state index contributed by atoms with van der Waals surface area (Å²) in [6, 6.07) is 1.11. The Balaban J connectivity index is 2.16. The van der Waals surface area contributed by atoms with E-state index in [1.807, 2.05) is 11.4 Å². The van der Waals surface area contributed by atoms with E-state index in [0.717, 1.165) is 9.35 Å². The normalized spacial score (nSPS) is 30.2. The maximum Gasteiger partial charge on any atom is 0.321 e. The van der Waals surface area contributed by atoms with Gasteiger partial charge in [-0.15, -0.1) is 11.3 Å². The van der Waals surface area contributed by atoms with E-state index in [0.29, 0.717) is 5.75 Å². The number of aliphatic carboxylic acids is 1. The summed E-state index contributed by atoms with van der Waals surface area (Å²) in [5.41, 5.74) is 0. The standard InChI is InChI=1S/C9H10BrNO3S2/c10-5-1-8(15-2-5)6-3-16(14)4-7(11-6)9(12)13/h1-2,6-7,11H,3-4H2,(H,12,13). The Morgan fingerprint density at radius 3 is 2.94 bits per heavy atom. The molecule has 2 N–H and O–H groups in total. The second-order valence-electron chi connectivity index (χ2n) is 3.55. The third kappa shape index (κ3) is 2.71. The molecule has 2 rings (SSSR count). The van der Waals surface area contributed by atoms with Crippen LogP contribution in [0.5, 0.6) is 0 Å². The van der Waals surface area contributed by atoms with E-state index in [1.54, 1.807) is 0 Å². The van der Waals surface area contributed by atoms with Crippen LogP contribution in [0.15, 0.2) is 15.9 Å². The van der Waals surface area contributed by atoms with E-state index in [1.165, 1.54) is 11.3 Å². The van der Waals surface area contributed by atoms with E-state index < -0.39 is 22.8 Å². The molecule has 1 aliphatic rings. The Labute approximate surface area is 108 Å². The number of nitrogens with one attached hydrogen (secondary N) is 1. The average Bonchev–Trinajstić information content (AvgIpc) is 2.64. The fraction of sp³-hybridized carbons (Fsp3) is 0.444. The molecule has 0 spiro atoms. The van der Waals surface area contributed by atoms with Gasteiger partial charge >= 0.3 is 5.97 Å². The van der Waals surface area contributed by atoms with Crippen molar-refractivity contribution in [2.75, 3.05) is 11.5 Å². The van der Waals surface area contributed by atoms with Crippen molar-refractivity contribution in [1.29, 1.82) is 0 Å². The highest BCUT2D eigenvalue weighted by Gasteiger charge is 2.31. The SMILES string of the molecule is O=C(O)C1CS(=O)CC(c2cc(Br)cs2)N1. The summed E-state index contributed by atoms with van der Waals surface area (Å²) >= 11 is 4.88. The average molecular weight is 324 g/mol. The molecule has 1 aromatic heterocycles. The van der Waals surface area contributed by atoms with Crippen molar-refractivity contribution in [3.05, 3.63) is 20.8 Å². The lowest BCUT2D eigenvalue weighted by atomic mass is 10.2. The Kier molecular flexibility index (Phi) is 3.78. The van der Waals surface area contributed by atoms with Gasteiger partial charge in [-0.05, 0) is 22.0 Å². The Hall–Kier alpha value is -0.240. The summed E-state index contributed by atoms with van der Waals surface area (Å²) in [4.78, 5) is 11.9. The minimum atomic E-state index is -1.06. The minimum absolute atomic E-state index is 0.119. The number of hydrogen-bond donors (Lipinski definition) is 2. The monoisotopic (exact) mass is 323 g/mol. The lowest BCUT2D eigenvalue weighted by molar-refractivity contribution is -0.139. The van der Waals surface area contributed by atoms with E-state index in [2.05, 4.69) is 21.2 Å². The summed E-state index contributed by atoms with van der Waals surface area (Å²) in [5, 5.41) is 13.9. The molecular weight excluding hydrogens is 314 g/mol. The zero-order valence-corrected chi connectivity index (χ0v) is 11.4. The summed E-state index contributed by atoms with van der Waals surface area (Å²) in [6.07, 6.45) is 0. The van der Waals surface area contributed by atoms with Gasteiger partial charge in [0, 0.05) is 37.0 Å². The number of carbonyl (C=O) groups is 1. The van der Waals surface area contributed by atoms with Gasteiger partial charge < -0.3 is 5.11 Å². The lowest BCUT2D eigenvalue weighted by Gasteiger charge is -2.27. The highest BCUT2D eigenvalue weighted by molar-refractivity contribution is 9.10. The van der Waals surface area contributed by atoms with Gasteiger partial charge in [-0.1, -0.05) is 0 Å². The van der Waals surface area contributed by atoms with Crippen molar-refractivity contribution in [1.82, 2.24) is 5.32 Å². The van der Waals surface area contributed by atoms with Crippen LogP contribution in [0.25, 0.3) is 0 Å². The predicted octanol–water partition coefficient (Wildman–Crippen LogP) is 1.36. The maximum absolute atomic E-state index is 11.6. The number of carboxylic acid groups (broad SMARTS) is 1. The first-order chi connectivity index (χ1) is 7.56. The molecule has 0 radical (unpaired) electrons. The summed E-state index contributed by atoms with van der Waals surface area (Å²) in [5.74, 6) is -0.261. The quantitative estimate of drug-likeness (QED) is 0.862. The number of rotatable bonds is 2. The molecule has 1 aliphatic heterocycles. The van der Waals surface area contributed by atoms with Crippen molar-refractivity contribution in [3.8, 4) is 0 Å². The first kappa shape index (κ1) is 12.2. The van der Waals surface area contributed by atoms with Crippen LogP contribution in [0.2, 0.25) is 0 Å². The summed E-state index contributed by atoms with van der Waals surface area (Å²) in [6.45, 7) is 0. The smallest absolute Gasteiger partial charge is 0.321 e. The topological polar surface area (TPSA) is 66.4 Å². The molecule has 0 amide bonds. The van der Waals surface area contributed by atoms with Crippen LogP contribution >= 0.6 is 27.3 Å².